The maximum atomic E-state index is 12.5. The van der Waals surface area contributed by atoms with Crippen LogP contribution < -0.4 is 14.8 Å². The monoisotopic (exact) mass is 334 g/mol. The molecule has 2 N–H and O–H groups in total. The van der Waals surface area contributed by atoms with Crippen LogP contribution in [0.15, 0.2) is 18.2 Å². The molecule has 1 heterocycles. The van der Waals surface area contributed by atoms with E-state index >= 15 is 0 Å². The molecule has 0 radical (unpaired) electrons. The molecule has 0 spiro atoms. The lowest BCUT2D eigenvalue weighted by Gasteiger charge is -2.13. The smallest absolute Gasteiger partial charge is 0.326 e. The first-order valence-corrected chi connectivity index (χ1v) is 7.68. The minimum Gasteiger partial charge on any atom is -0.497 e. The third-order valence-corrected chi connectivity index (χ3v) is 3.97. The quantitative estimate of drug-likeness (QED) is 0.810. The highest BCUT2D eigenvalue weighted by Crippen LogP contribution is 2.33. The van der Waals surface area contributed by atoms with Crippen LogP contribution in [0.5, 0.6) is 11.5 Å². The van der Waals surface area contributed by atoms with Crippen molar-refractivity contribution in [2.24, 2.45) is 7.05 Å². The Morgan fingerprint density at radius 2 is 1.96 bits per heavy atom. The van der Waals surface area contributed by atoms with Gasteiger partial charge < -0.3 is 24.5 Å². The van der Waals surface area contributed by atoms with Crippen LogP contribution in [0.1, 0.15) is 30.3 Å². The summed E-state index contributed by atoms with van der Waals surface area (Å²) in [5.41, 5.74) is 1.12. The predicted octanol–water partition coefficient (Wildman–Crippen LogP) is 2.18. The largest absolute Gasteiger partial charge is 0.497 e. The molecule has 2 rings (SSSR count). The van der Waals surface area contributed by atoms with Gasteiger partial charge in [-0.05, 0) is 12.5 Å². The van der Waals surface area contributed by atoms with Gasteiger partial charge in [0.15, 0.2) is 0 Å². The molecule has 0 aliphatic carbocycles. The SMILES string of the molecule is CCCC(NC(=O)c1cc2c(OC)cc(OC)cc2n1C)C(=O)O. The second-order valence-corrected chi connectivity index (χ2v) is 5.50. The van der Waals surface area contributed by atoms with Crippen LogP contribution in [0.3, 0.4) is 0 Å². The van der Waals surface area contributed by atoms with Crippen molar-refractivity contribution >= 4 is 22.8 Å². The highest BCUT2D eigenvalue weighted by molar-refractivity contribution is 6.02. The molecule has 0 bridgehead atoms. The molecule has 1 amide bonds. The minimum absolute atomic E-state index is 0.360. The second kappa shape index (κ2) is 7.25. The molecule has 0 aliphatic rings. The number of carboxylic acids is 1. The van der Waals surface area contributed by atoms with E-state index in [1.165, 1.54) is 0 Å². The van der Waals surface area contributed by atoms with E-state index in [2.05, 4.69) is 5.32 Å². The zero-order valence-corrected chi connectivity index (χ0v) is 14.3. The number of benzene rings is 1. The summed E-state index contributed by atoms with van der Waals surface area (Å²) in [6.45, 7) is 1.87. The molecule has 1 atom stereocenters. The van der Waals surface area contributed by atoms with Crippen LogP contribution in [0, 0.1) is 0 Å². The first-order valence-electron chi connectivity index (χ1n) is 7.68. The number of nitrogens with zero attached hydrogens (tertiary/aromatic N) is 1. The zero-order valence-electron chi connectivity index (χ0n) is 14.3. The molecule has 7 nitrogen and oxygen atoms in total. The lowest BCUT2D eigenvalue weighted by Crippen LogP contribution is -2.41. The first-order chi connectivity index (χ1) is 11.4. The summed E-state index contributed by atoms with van der Waals surface area (Å²) in [4.78, 5) is 23.8. The van der Waals surface area contributed by atoms with Gasteiger partial charge in [-0.2, -0.15) is 0 Å². The van der Waals surface area contributed by atoms with Gasteiger partial charge >= 0.3 is 5.97 Å². The summed E-state index contributed by atoms with van der Waals surface area (Å²) in [7, 11) is 4.84. The van der Waals surface area contributed by atoms with Gasteiger partial charge in [-0.1, -0.05) is 13.3 Å². The fourth-order valence-electron chi connectivity index (χ4n) is 2.66. The number of aromatic nitrogens is 1. The molecule has 130 valence electrons. The van der Waals surface area contributed by atoms with E-state index in [9.17, 15) is 14.7 Å². The third kappa shape index (κ3) is 3.29. The van der Waals surface area contributed by atoms with Crippen LogP contribution >= 0.6 is 0 Å². The Bertz CT molecular complexity index is 766. The maximum Gasteiger partial charge on any atom is 0.326 e. The minimum atomic E-state index is -1.04. The molecule has 0 aliphatic heterocycles. The van der Waals surface area contributed by atoms with E-state index in [1.807, 2.05) is 6.92 Å². The van der Waals surface area contributed by atoms with Crippen molar-refractivity contribution in [3.05, 3.63) is 23.9 Å². The number of methoxy groups -OCH3 is 2. The van der Waals surface area contributed by atoms with Crippen LogP contribution in [0.2, 0.25) is 0 Å². The summed E-state index contributed by atoms with van der Waals surface area (Å²) >= 11 is 0. The molecular formula is C17H22N2O5. The van der Waals surface area contributed by atoms with Gasteiger partial charge in [-0.3, -0.25) is 4.79 Å². The Kier molecular flexibility index (Phi) is 5.33. The average molecular weight is 334 g/mol. The Morgan fingerprint density at radius 3 is 2.50 bits per heavy atom. The van der Waals surface area contributed by atoms with Crippen LogP contribution in [0.25, 0.3) is 10.9 Å². The standard InChI is InChI=1S/C17H22N2O5/c1-5-6-12(17(21)22)18-16(20)14-9-11-13(19(14)2)7-10(23-3)8-15(11)24-4/h7-9,12H,5-6H2,1-4H3,(H,18,20)(H,21,22). The van der Waals surface area contributed by atoms with Crippen molar-refractivity contribution in [1.29, 1.82) is 0 Å². The highest BCUT2D eigenvalue weighted by Gasteiger charge is 2.23. The van der Waals surface area contributed by atoms with Crippen molar-refractivity contribution in [3.63, 3.8) is 0 Å². The summed E-state index contributed by atoms with van der Waals surface area (Å²) < 4.78 is 12.3. The molecule has 1 aromatic heterocycles. The van der Waals surface area contributed by atoms with Gasteiger partial charge in [0, 0.05) is 24.6 Å². The molecule has 7 heteroatoms. The predicted molar refractivity (Wildman–Crippen MR) is 89.8 cm³/mol. The first kappa shape index (κ1) is 17.7. The number of rotatable bonds is 7. The van der Waals surface area contributed by atoms with Crippen LogP contribution in [-0.2, 0) is 11.8 Å². The molecule has 1 unspecified atom stereocenters. The number of carbonyl (C=O) groups is 2. The number of carbonyl (C=O) groups excluding carboxylic acids is 1. The Labute approximate surface area is 140 Å². The number of amides is 1. The Morgan fingerprint density at radius 1 is 1.25 bits per heavy atom. The lowest BCUT2D eigenvalue weighted by molar-refractivity contribution is -0.139. The van der Waals surface area contributed by atoms with Crippen LogP contribution in [0.4, 0.5) is 0 Å². The van der Waals surface area contributed by atoms with E-state index in [4.69, 9.17) is 9.47 Å². The lowest BCUT2D eigenvalue weighted by atomic mass is 10.1. The average Bonchev–Trinajstić information content (AvgIpc) is 2.90. The number of hydrogen-bond acceptors (Lipinski definition) is 4. The Balaban J connectivity index is 2.43. The summed E-state index contributed by atoms with van der Waals surface area (Å²) in [6, 6.07) is 4.32. The van der Waals surface area contributed by atoms with Gasteiger partial charge in [-0.15, -0.1) is 0 Å². The number of carboxylic acid groups (broad SMARTS) is 1. The molecule has 0 fully saturated rings. The van der Waals surface area contributed by atoms with Crippen LogP contribution in [-0.4, -0.2) is 41.8 Å². The number of aryl methyl sites for hydroxylation is 1. The van der Waals surface area contributed by atoms with E-state index < -0.39 is 17.9 Å². The fourth-order valence-corrected chi connectivity index (χ4v) is 2.66. The van der Waals surface area contributed by atoms with Gasteiger partial charge in [0.05, 0.1) is 19.7 Å². The number of fused-ring (bicyclic) bond motifs is 1. The van der Waals surface area contributed by atoms with Crippen molar-refractivity contribution in [2.45, 2.75) is 25.8 Å². The van der Waals surface area contributed by atoms with Gasteiger partial charge in [0.2, 0.25) is 0 Å². The van der Waals surface area contributed by atoms with Crippen molar-refractivity contribution in [1.82, 2.24) is 9.88 Å². The highest BCUT2D eigenvalue weighted by atomic mass is 16.5. The molecule has 0 saturated carbocycles. The molecule has 0 saturated heterocycles. The number of aliphatic carboxylic acids is 1. The van der Waals surface area contributed by atoms with Gasteiger partial charge in [-0.25, -0.2) is 4.79 Å². The molecular weight excluding hydrogens is 312 g/mol. The Hall–Kier alpha value is -2.70. The topological polar surface area (TPSA) is 89.8 Å². The fraction of sp³-hybridized carbons (Fsp3) is 0.412. The number of hydrogen-bond donors (Lipinski definition) is 2. The summed E-state index contributed by atoms with van der Waals surface area (Å²) in [5.74, 6) is -0.275. The zero-order chi connectivity index (χ0) is 17.9. The molecule has 24 heavy (non-hydrogen) atoms. The maximum absolute atomic E-state index is 12.5. The van der Waals surface area contributed by atoms with E-state index in [0.717, 1.165) is 10.9 Å². The van der Waals surface area contributed by atoms with Crippen molar-refractivity contribution in [2.75, 3.05) is 14.2 Å². The van der Waals surface area contributed by atoms with E-state index in [0.29, 0.717) is 30.0 Å². The summed E-state index contributed by atoms with van der Waals surface area (Å²) in [6.07, 6.45) is 1.04. The second-order valence-electron chi connectivity index (χ2n) is 5.50. The van der Waals surface area contributed by atoms with Gasteiger partial charge in [0.1, 0.15) is 23.2 Å². The van der Waals surface area contributed by atoms with Crippen molar-refractivity contribution in [3.8, 4) is 11.5 Å². The summed E-state index contributed by atoms with van der Waals surface area (Å²) in [5, 5.41) is 12.5. The third-order valence-electron chi connectivity index (χ3n) is 3.97. The van der Waals surface area contributed by atoms with E-state index in [1.54, 1.807) is 44.0 Å². The number of nitrogens with one attached hydrogen (secondary N) is 1. The number of ether oxygens (including phenoxy) is 2. The van der Waals surface area contributed by atoms with Gasteiger partial charge in [0.25, 0.3) is 5.91 Å². The normalized spacial score (nSPS) is 12.0. The van der Waals surface area contributed by atoms with E-state index in [-0.39, 0.29) is 0 Å². The molecule has 2 aromatic rings. The molecule has 1 aromatic carbocycles. The van der Waals surface area contributed by atoms with Crippen molar-refractivity contribution < 1.29 is 24.2 Å².